The van der Waals surface area contributed by atoms with Gasteiger partial charge < -0.3 is 15.5 Å². The molecule has 2 atom stereocenters. The SMILES string of the molecule is C[C@@H](Cn1cncn1)NC(=O)N[C@H]1CCN(c2cccc(Cl)c2)C1. The number of amides is 2. The molecule has 0 radical (unpaired) electrons. The molecule has 2 N–H and O–H groups in total. The lowest BCUT2D eigenvalue weighted by atomic mass is 10.2. The minimum atomic E-state index is -0.152. The van der Waals surface area contributed by atoms with Gasteiger partial charge in [0.25, 0.3) is 0 Å². The molecule has 1 aliphatic heterocycles. The molecule has 1 aromatic carbocycles. The Morgan fingerprint density at radius 3 is 3.12 bits per heavy atom. The standard InChI is InChI=1S/C16H21ClN6O/c1-12(8-23-11-18-10-19-23)20-16(24)21-14-5-6-22(9-14)15-4-2-3-13(17)7-15/h2-4,7,10-12,14H,5-6,8-9H2,1H3,(H2,20,21,24)/t12-,14-/m0/s1. The van der Waals surface area contributed by atoms with E-state index < -0.39 is 0 Å². The van der Waals surface area contributed by atoms with Crippen molar-refractivity contribution in [2.45, 2.75) is 32.0 Å². The zero-order valence-electron chi connectivity index (χ0n) is 13.5. The lowest BCUT2D eigenvalue weighted by Crippen LogP contribution is -2.47. The summed E-state index contributed by atoms with van der Waals surface area (Å²) in [4.78, 5) is 18.2. The fourth-order valence-electron chi connectivity index (χ4n) is 2.89. The lowest BCUT2D eigenvalue weighted by Gasteiger charge is -2.20. The first-order valence-electron chi connectivity index (χ1n) is 8.00. The molecule has 3 rings (SSSR count). The molecule has 128 valence electrons. The van der Waals surface area contributed by atoms with Gasteiger partial charge in [0.2, 0.25) is 0 Å². The second kappa shape index (κ2) is 7.53. The van der Waals surface area contributed by atoms with Gasteiger partial charge in [0.05, 0.1) is 6.54 Å². The van der Waals surface area contributed by atoms with E-state index in [1.165, 1.54) is 6.33 Å². The number of rotatable bonds is 5. The first-order chi connectivity index (χ1) is 11.6. The zero-order valence-corrected chi connectivity index (χ0v) is 14.3. The molecule has 24 heavy (non-hydrogen) atoms. The quantitative estimate of drug-likeness (QED) is 0.865. The van der Waals surface area contributed by atoms with Crippen LogP contribution >= 0.6 is 11.6 Å². The maximum atomic E-state index is 12.1. The van der Waals surface area contributed by atoms with Gasteiger partial charge in [-0.3, -0.25) is 4.68 Å². The number of carbonyl (C=O) groups excluding carboxylic acids is 1. The Bertz CT molecular complexity index is 677. The fraction of sp³-hybridized carbons (Fsp3) is 0.438. The number of benzene rings is 1. The van der Waals surface area contributed by atoms with Crippen LogP contribution in [-0.4, -0.2) is 46.0 Å². The second-order valence-electron chi connectivity index (χ2n) is 6.05. The van der Waals surface area contributed by atoms with Crippen LogP contribution in [0.4, 0.5) is 10.5 Å². The molecule has 2 amide bonds. The Balaban J connectivity index is 1.45. The largest absolute Gasteiger partial charge is 0.369 e. The number of urea groups is 1. The number of carbonyl (C=O) groups is 1. The Morgan fingerprint density at radius 2 is 2.38 bits per heavy atom. The summed E-state index contributed by atoms with van der Waals surface area (Å²) in [7, 11) is 0. The highest BCUT2D eigenvalue weighted by atomic mass is 35.5. The Morgan fingerprint density at radius 1 is 1.50 bits per heavy atom. The zero-order chi connectivity index (χ0) is 16.9. The maximum Gasteiger partial charge on any atom is 0.315 e. The number of hydrogen-bond donors (Lipinski definition) is 2. The van der Waals surface area contributed by atoms with Gasteiger partial charge in [0.15, 0.2) is 0 Å². The molecule has 0 unspecified atom stereocenters. The summed E-state index contributed by atoms with van der Waals surface area (Å²) in [5, 5.41) is 10.7. The van der Waals surface area contributed by atoms with Crippen LogP contribution in [0.2, 0.25) is 5.02 Å². The minimum absolute atomic E-state index is 0.0304. The van der Waals surface area contributed by atoms with E-state index in [1.807, 2.05) is 31.2 Å². The molecule has 1 fully saturated rings. The molecule has 1 saturated heterocycles. The monoisotopic (exact) mass is 348 g/mol. The van der Waals surface area contributed by atoms with Crippen molar-refractivity contribution in [2.24, 2.45) is 0 Å². The van der Waals surface area contributed by atoms with Gasteiger partial charge in [0.1, 0.15) is 12.7 Å². The highest BCUT2D eigenvalue weighted by molar-refractivity contribution is 6.30. The topological polar surface area (TPSA) is 75.1 Å². The van der Waals surface area contributed by atoms with E-state index >= 15 is 0 Å². The normalized spacial score (nSPS) is 18.4. The van der Waals surface area contributed by atoms with Crippen molar-refractivity contribution >= 4 is 23.3 Å². The molecule has 1 aromatic heterocycles. The molecular weight excluding hydrogens is 328 g/mol. The van der Waals surface area contributed by atoms with Crippen molar-refractivity contribution in [2.75, 3.05) is 18.0 Å². The molecule has 1 aliphatic rings. The van der Waals surface area contributed by atoms with Crippen LogP contribution in [0.1, 0.15) is 13.3 Å². The molecule has 2 aromatic rings. The number of anilines is 1. The summed E-state index contributed by atoms with van der Waals surface area (Å²) in [6.07, 6.45) is 4.03. The third-order valence-corrected chi connectivity index (χ3v) is 4.24. The smallest absolute Gasteiger partial charge is 0.315 e. The maximum absolute atomic E-state index is 12.1. The van der Waals surface area contributed by atoms with Crippen LogP contribution < -0.4 is 15.5 Å². The summed E-state index contributed by atoms with van der Waals surface area (Å²) >= 11 is 6.04. The molecule has 8 heteroatoms. The van der Waals surface area contributed by atoms with Crippen molar-refractivity contribution < 1.29 is 4.79 Å². The van der Waals surface area contributed by atoms with Crippen LogP contribution in [0.3, 0.4) is 0 Å². The van der Waals surface area contributed by atoms with Crippen LogP contribution in [0, 0.1) is 0 Å². The number of nitrogens with one attached hydrogen (secondary N) is 2. The van der Waals surface area contributed by atoms with Gasteiger partial charge in [-0.15, -0.1) is 0 Å². The van der Waals surface area contributed by atoms with Crippen molar-refractivity contribution in [3.63, 3.8) is 0 Å². The predicted molar refractivity (Wildman–Crippen MR) is 93.2 cm³/mol. The Hall–Kier alpha value is -2.28. The van der Waals surface area contributed by atoms with Crippen LogP contribution in [0.25, 0.3) is 0 Å². The first kappa shape index (κ1) is 16.6. The summed E-state index contributed by atoms with van der Waals surface area (Å²) < 4.78 is 1.70. The van der Waals surface area contributed by atoms with Gasteiger partial charge >= 0.3 is 6.03 Å². The third-order valence-electron chi connectivity index (χ3n) is 4.00. The van der Waals surface area contributed by atoms with Crippen molar-refractivity contribution in [1.29, 1.82) is 0 Å². The van der Waals surface area contributed by atoms with Gasteiger partial charge in [-0.1, -0.05) is 17.7 Å². The number of halogens is 1. The summed E-state index contributed by atoms with van der Waals surface area (Å²) in [5.41, 5.74) is 1.09. The molecule has 7 nitrogen and oxygen atoms in total. The van der Waals surface area contributed by atoms with E-state index in [9.17, 15) is 4.79 Å². The minimum Gasteiger partial charge on any atom is -0.369 e. The molecule has 2 heterocycles. The lowest BCUT2D eigenvalue weighted by molar-refractivity contribution is 0.233. The van der Waals surface area contributed by atoms with Crippen LogP contribution in [0.15, 0.2) is 36.9 Å². The van der Waals surface area contributed by atoms with E-state index in [-0.39, 0.29) is 18.1 Å². The number of hydrogen-bond acceptors (Lipinski definition) is 4. The highest BCUT2D eigenvalue weighted by Crippen LogP contribution is 2.23. The summed E-state index contributed by atoms with van der Waals surface area (Å²) in [6, 6.07) is 7.73. The molecule has 0 saturated carbocycles. The summed E-state index contributed by atoms with van der Waals surface area (Å²) in [5.74, 6) is 0. The fourth-order valence-corrected chi connectivity index (χ4v) is 3.07. The van der Waals surface area contributed by atoms with Crippen molar-refractivity contribution in [3.8, 4) is 0 Å². The van der Waals surface area contributed by atoms with E-state index in [2.05, 4.69) is 25.6 Å². The molecule has 0 spiro atoms. The van der Waals surface area contributed by atoms with Crippen molar-refractivity contribution in [1.82, 2.24) is 25.4 Å². The molecular formula is C16H21ClN6O. The Labute approximate surface area is 146 Å². The average Bonchev–Trinajstić information content (AvgIpc) is 3.19. The van der Waals surface area contributed by atoms with Gasteiger partial charge in [-0.25, -0.2) is 9.78 Å². The third kappa shape index (κ3) is 4.38. The Kier molecular flexibility index (Phi) is 5.20. The predicted octanol–water partition coefficient (Wildman–Crippen LogP) is 1.90. The van der Waals surface area contributed by atoms with E-state index in [4.69, 9.17) is 11.6 Å². The first-order valence-corrected chi connectivity index (χ1v) is 8.38. The van der Waals surface area contributed by atoms with E-state index in [1.54, 1.807) is 11.0 Å². The van der Waals surface area contributed by atoms with Crippen molar-refractivity contribution in [3.05, 3.63) is 41.9 Å². The van der Waals surface area contributed by atoms with Crippen LogP contribution in [0.5, 0.6) is 0 Å². The van der Waals surface area contributed by atoms with Gasteiger partial charge in [0, 0.05) is 35.9 Å². The van der Waals surface area contributed by atoms with Gasteiger partial charge in [-0.2, -0.15) is 5.10 Å². The highest BCUT2D eigenvalue weighted by Gasteiger charge is 2.24. The van der Waals surface area contributed by atoms with Gasteiger partial charge in [-0.05, 0) is 31.5 Å². The second-order valence-corrected chi connectivity index (χ2v) is 6.48. The number of aromatic nitrogens is 3. The molecule has 0 bridgehead atoms. The summed E-state index contributed by atoms with van der Waals surface area (Å²) in [6.45, 7) is 4.21. The van der Waals surface area contributed by atoms with Crippen LogP contribution in [-0.2, 0) is 6.54 Å². The van der Waals surface area contributed by atoms with E-state index in [0.29, 0.717) is 6.54 Å². The number of nitrogens with zero attached hydrogens (tertiary/aromatic N) is 4. The van der Waals surface area contributed by atoms with E-state index in [0.717, 1.165) is 30.2 Å². The average molecular weight is 349 g/mol. The molecule has 0 aliphatic carbocycles.